The number of carboxylic acid groups (broad SMARTS) is 1. The number of nitrogens with zero attached hydrogens (tertiary/aromatic N) is 1. The van der Waals surface area contributed by atoms with Gasteiger partial charge in [-0.3, -0.25) is 9.59 Å². The zero-order valence-electron chi connectivity index (χ0n) is 17.0. The summed E-state index contributed by atoms with van der Waals surface area (Å²) in [6.07, 6.45) is 0.0776. The van der Waals surface area contributed by atoms with Crippen LogP contribution in [0.1, 0.15) is 21.7 Å². The van der Waals surface area contributed by atoms with Crippen LogP contribution < -0.4 is 15.6 Å². The number of hydrogen-bond acceptors (Lipinski definition) is 7. The summed E-state index contributed by atoms with van der Waals surface area (Å²) in [7, 11) is 1.57. The molecule has 3 aromatic heterocycles. The molecule has 4 rings (SSSR count). The summed E-state index contributed by atoms with van der Waals surface area (Å²) < 4.78 is 5.28. The first-order valence-corrected chi connectivity index (χ1v) is 10.3. The van der Waals surface area contributed by atoms with Crippen molar-refractivity contribution in [3.8, 4) is 22.2 Å². The fourth-order valence-corrected chi connectivity index (χ4v) is 4.18. The van der Waals surface area contributed by atoms with Crippen LogP contribution in [0.4, 0.5) is 5.69 Å². The average molecular weight is 454 g/mol. The van der Waals surface area contributed by atoms with E-state index in [0.717, 1.165) is 33.5 Å². The Morgan fingerprint density at radius 2 is 2.03 bits per heavy atom. The highest BCUT2D eigenvalue weighted by Gasteiger charge is 2.21. The minimum absolute atomic E-state index is 0.0662. The molecule has 0 saturated heterocycles. The number of H-pyrrole nitrogens is 2. The second kappa shape index (κ2) is 8.19. The number of benzene rings is 1. The second-order valence-electron chi connectivity index (χ2n) is 6.95. The van der Waals surface area contributed by atoms with Crippen molar-refractivity contribution in [3.05, 3.63) is 57.0 Å². The van der Waals surface area contributed by atoms with Crippen LogP contribution in [0.15, 0.2) is 34.4 Å². The summed E-state index contributed by atoms with van der Waals surface area (Å²) in [5, 5.41) is 24.1. The van der Waals surface area contributed by atoms with Crippen molar-refractivity contribution in [2.75, 3.05) is 12.4 Å². The molecule has 0 aliphatic heterocycles. The van der Waals surface area contributed by atoms with Crippen LogP contribution in [-0.4, -0.2) is 44.2 Å². The molecule has 4 aromatic rings. The molecule has 32 heavy (non-hydrogen) atoms. The van der Waals surface area contributed by atoms with Crippen LogP contribution in [-0.2, 0) is 11.2 Å². The SMILES string of the molecule is COc1ccc2[nH]c(C)c(CC(=O)Nc3ccsc3-c3nc(C(=O)O)c(O)c(=O)[nH]3)c2c1. The fourth-order valence-electron chi connectivity index (χ4n) is 3.39. The largest absolute Gasteiger partial charge is 0.501 e. The van der Waals surface area contributed by atoms with Crippen LogP contribution in [0.25, 0.3) is 21.6 Å². The lowest BCUT2D eigenvalue weighted by Crippen LogP contribution is -2.17. The van der Waals surface area contributed by atoms with Gasteiger partial charge in [0.05, 0.1) is 24.1 Å². The third-order valence-corrected chi connectivity index (χ3v) is 5.84. The smallest absolute Gasteiger partial charge is 0.358 e. The van der Waals surface area contributed by atoms with E-state index < -0.39 is 23.0 Å². The molecule has 1 amide bonds. The number of aromatic nitrogens is 3. The molecule has 0 aliphatic carbocycles. The van der Waals surface area contributed by atoms with Crippen molar-refractivity contribution >= 4 is 39.8 Å². The Morgan fingerprint density at radius 1 is 1.25 bits per heavy atom. The van der Waals surface area contributed by atoms with Gasteiger partial charge in [0.1, 0.15) is 5.75 Å². The van der Waals surface area contributed by atoms with Crippen LogP contribution in [0, 0.1) is 6.92 Å². The van der Waals surface area contributed by atoms with Crippen LogP contribution in [0.2, 0.25) is 0 Å². The number of fused-ring (bicyclic) bond motifs is 1. The number of hydrogen-bond donors (Lipinski definition) is 5. The molecule has 0 spiro atoms. The molecule has 164 valence electrons. The number of rotatable bonds is 6. The number of nitrogens with one attached hydrogen (secondary N) is 3. The predicted molar refractivity (Wildman–Crippen MR) is 119 cm³/mol. The molecule has 0 unspecified atom stereocenters. The minimum Gasteiger partial charge on any atom is -0.501 e. The molecule has 5 N–H and O–H groups in total. The number of thiophene rings is 1. The number of aromatic amines is 2. The molecular weight excluding hydrogens is 436 g/mol. The molecule has 0 atom stereocenters. The number of carboxylic acids is 1. The molecule has 10 nitrogen and oxygen atoms in total. The summed E-state index contributed by atoms with van der Waals surface area (Å²) >= 11 is 1.15. The van der Waals surface area contributed by atoms with Crippen LogP contribution in [0.3, 0.4) is 0 Å². The molecular formula is C21H18N4O6S. The van der Waals surface area contributed by atoms with Crippen molar-refractivity contribution in [1.29, 1.82) is 0 Å². The van der Waals surface area contributed by atoms with Crippen molar-refractivity contribution in [2.45, 2.75) is 13.3 Å². The Balaban J connectivity index is 1.63. The molecule has 0 bridgehead atoms. The van der Waals surface area contributed by atoms with E-state index in [2.05, 4.69) is 20.3 Å². The van der Waals surface area contributed by atoms with Crippen molar-refractivity contribution in [1.82, 2.24) is 15.0 Å². The van der Waals surface area contributed by atoms with E-state index >= 15 is 0 Å². The third-order valence-electron chi connectivity index (χ3n) is 4.92. The number of amides is 1. The Labute approximate surface area is 184 Å². The molecule has 0 saturated carbocycles. The fraction of sp³-hybridized carbons (Fsp3) is 0.143. The maximum atomic E-state index is 12.8. The summed E-state index contributed by atoms with van der Waals surface area (Å²) in [5.41, 5.74) is 1.16. The molecule has 3 heterocycles. The lowest BCUT2D eigenvalue weighted by Gasteiger charge is -2.08. The van der Waals surface area contributed by atoms with Crippen LogP contribution in [0.5, 0.6) is 11.5 Å². The minimum atomic E-state index is -1.54. The quantitative estimate of drug-likeness (QED) is 0.300. The highest BCUT2D eigenvalue weighted by atomic mass is 32.1. The van der Waals surface area contributed by atoms with Crippen LogP contribution >= 0.6 is 11.3 Å². The first-order valence-electron chi connectivity index (χ1n) is 9.38. The molecule has 1 aromatic carbocycles. The van der Waals surface area contributed by atoms with E-state index in [1.807, 2.05) is 25.1 Å². The third kappa shape index (κ3) is 3.81. The zero-order chi connectivity index (χ0) is 23.0. The maximum Gasteiger partial charge on any atom is 0.358 e. The number of carbonyl (C=O) groups is 2. The van der Waals surface area contributed by atoms with E-state index in [1.54, 1.807) is 18.6 Å². The number of aromatic carboxylic acids is 1. The standard InChI is InChI=1S/C21H18N4O6S/c1-9-11(12-7-10(31-2)3-4-13(12)22-9)8-15(26)23-14-5-6-32-18(14)19-24-16(21(29)30)17(27)20(28)25-19/h3-7,22,27H,8H2,1-2H3,(H,23,26)(H,29,30)(H,24,25,28). The summed E-state index contributed by atoms with van der Waals surface area (Å²) in [6.45, 7) is 1.88. The predicted octanol–water partition coefficient (Wildman–Crippen LogP) is 2.88. The van der Waals surface area contributed by atoms with E-state index in [4.69, 9.17) is 9.84 Å². The normalized spacial score (nSPS) is 10.9. The van der Waals surface area contributed by atoms with Gasteiger partial charge in [0.2, 0.25) is 11.7 Å². The molecule has 0 aliphatic rings. The van der Waals surface area contributed by atoms with Crippen molar-refractivity contribution in [2.24, 2.45) is 0 Å². The van der Waals surface area contributed by atoms with Gasteiger partial charge in [0.25, 0.3) is 5.56 Å². The average Bonchev–Trinajstić information content (AvgIpc) is 3.33. The zero-order valence-corrected chi connectivity index (χ0v) is 17.8. The Bertz CT molecular complexity index is 1420. The molecule has 0 fully saturated rings. The van der Waals surface area contributed by atoms with Gasteiger partial charge in [-0.2, -0.15) is 0 Å². The highest BCUT2D eigenvalue weighted by Crippen LogP contribution is 2.32. The van der Waals surface area contributed by atoms with Gasteiger partial charge < -0.3 is 30.2 Å². The van der Waals surface area contributed by atoms with E-state index in [0.29, 0.717) is 16.3 Å². The lowest BCUT2D eigenvalue weighted by molar-refractivity contribution is -0.115. The number of aryl methyl sites for hydroxylation is 1. The number of aromatic hydroxyl groups is 1. The second-order valence-corrected chi connectivity index (χ2v) is 7.86. The summed E-state index contributed by atoms with van der Waals surface area (Å²) in [6, 6.07) is 7.19. The number of methoxy groups -OCH3 is 1. The monoisotopic (exact) mass is 454 g/mol. The first kappa shape index (κ1) is 21.1. The number of carbonyl (C=O) groups excluding carboxylic acids is 1. The van der Waals surface area contributed by atoms with E-state index in [-0.39, 0.29) is 18.2 Å². The van der Waals surface area contributed by atoms with Gasteiger partial charge in [-0.1, -0.05) is 0 Å². The van der Waals surface area contributed by atoms with Gasteiger partial charge in [-0.15, -0.1) is 11.3 Å². The van der Waals surface area contributed by atoms with Gasteiger partial charge in [-0.05, 0) is 42.1 Å². The Kier molecular flexibility index (Phi) is 5.41. The van der Waals surface area contributed by atoms with Gasteiger partial charge in [0, 0.05) is 16.6 Å². The van der Waals surface area contributed by atoms with Gasteiger partial charge >= 0.3 is 5.97 Å². The first-order chi connectivity index (χ1) is 15.3. The van der Waals surface area contributed by atoms with E-state index in [9.17, 15) is 19.5 Å². The number of anilines is 1. The summed E-state index contributed by atoms with van der Waals surface area (Å²) in [5.74, 6) is -2.22. The topological polar surface area (TPSA) is 157 Å². The van der Waals surface area contributed by atoms with Crippen molar-refractivity contribution in [3.63, 3.8) is 0 Å². The van der Waals surface area contributed by atoms with E-state index in [1.165, 1.54) is 0 Å². The maximum absolute atomic E-state index is 12.8. The lowest BCUT2D eigenvalue weighted by atomic mass is 10.1. The van der Waals surface area contributed by atoms with Gasteiger partial charge in [0.15, 0.2) is 11.5 Å². The highest BCUT2D eigenvalue weighted by molar-refractivity contribution is 7.14. The molecule has 11 heteroatoms. The van der Waals surface area contributed by atoms with Gasteiger partial charge in [-0.25, -0.2) is 9.78 Å². The molecule has 0 radical (unpaired) electrons. The Morgan fingerprint density at radius 3 is 2.75 bits per heavy atom. The number of ether oxygens (including phenoxy) is 1. The summed E-state index contributed by atoms with van der Waals surface area (Å²) in [4.78, 5) is 45.8. The Hall–Kier alpha value is -4.12. The van der Waals surface area contributed by atoms with Crippen molar-refractivity contribution < 1.29 is 24.5 Å².